The summed E-state index contributed by atoms with van der Waals surface area (Å²) in [5, 5.41) is 2.08. The van der Waals surface area contributed by atoms with Gasteiger partial charge in [-0.25, -0.2) is 0 Å². The maximum Gasteiger partial charge on any atom is 0.230 e. The van der Waals surface area contributed by atoms with E-state index in [-0.39, 0.29) is 16.6 Å². The molecule has 4 nitrogen and oxygen atoms in total. The Kier molecular flexibility index (Phi) is 5.09. The highest BCUT2D eigenvalue weighted by Gasteiger charge is 2.48. The summed E-state index contributed by atoms with van der Waals surface area (Å²) >= 11 is 1.52. The van der Waals surface area contributed by atoms with E-state index in [1.807, 2.05) is 6.07 Å². The minimum Gasteiger partial charge on any atom is -0.342 e. The molecule has 1 unspecified atom stereocenters. The van der Waals surface area contributed by atoms with Crippen molar-refractivity contribution in [3.63, 3.8) is 0 Å². The van der Waals surface area contributed by atoms with Crippen molar-refractivity contribution in [1.82, 2.24) is 9.80 Å². The van der Waals surface area contributed by atoms with Crippen LogP contribution in [0.1, 0.15) is 62.2 Å². The highest BCUT2D eigenvalue weighted by Crippen LogP contribution is 2.41. The van der Waals surface area contributed by atoms with Crippen molar-refractivity contribution in [1.29, 1.82) is 0 Å². The Morgan fingerprint density at radius 3 is 2.68 bits per heavy atom. The zero-order valence-corrected chi connectivity index (χ0v) is 16.7. The molecule has 1 spiro atoms. The van der Waals surface area contributed by atoms with E-state index in [4.69, 9.17) is 0 Å². The van der Waals surface area contributed by atoms with Gasteiger partial charge in [0.05, 0.1) is 10.3 Å². The minimum absolute atomic E-state index is 0.134. The number of hydrogen-bond donors (Lipinski definition) is 0. The van der Waals surface area contributed by atoms with Crippen LogP contribution < -0.4 is 0 Å². The third-order valence-corrected chi connectivity index (χ3v) is 6.41. The van der Waals surface area contributed by atoms with Crippen molar-refractivity contribution < 1.29 is 9.59 Å². The molecule has 1 atom stereocenters. The smallest absolute Gasteiger partial charge is 0.230 e. The molecule has 2 fully saturated rings. The van der Waals surface area contributed by atoms with E-state index in [2.05, 4.69) is 36.0 Å². The Labute approximate surface area is 155 Å². The van der Waals surface area contributed by atoms with Gasteiger partial charge in [0.2, 0.25) is 5.91 Å². The Morgan fingerprint density at radius 2 is 2.04 bits per heavy atom. The number of amides is 1. The molecule has 2 aliphatic rings. The molecule has 138 valence electrons. The number of carbonyl (C=O) groups excluding carboxylic acids is 2. The maximum atomic E-state index is 13.2. The Morgan fingerprint density at radius 1 is 1.28 bits per heavy atom. The lowest BCUT2D eigenvalue weighted by atomic mass is 9.77. The number of thiophene rings is 1. The van der Waals surface area contributed by atoms with Gasteiger partial charge < -0.3 is 4.90 Å². The number of Topliss-reactive ketones (excluding diaryl/α,β-unsaturated/α-hetero) is 1. The first kappa shape index (κ1) is 18.6. The van der Waals surface area contributed by atoms with Crippen LogP contribution in [-0.2, 0) is 11.3 Å². The zero-order valence-electron chi connectivity index (χ0n) is 15.9. The van der Waals surface area contributed by atoms with Crippen LogP contribution >= 0.6 is 11.3 Å². The van der Waals surface area contributed by atoms with E-state index in [0.717, 1.165) is 56.9 Å². The van der Waals surface area contributed by atoms with E-state index in [1.165, 1.54) is 16.9 Å². The lowest BCUT2D eigenvalue weighted by molar-refractivity contribution is -0.147. The maximum absolute atomic E-state index is 13.2. The molecule has 0 aliphatic carbocycles. The number of hydrogen-bond acceptors (Lipinski definition) is 4. The van der Waals surface area contributed by atoms with Gasteiger partial charge in [0.15, 0.2) is 5.78 Å². The second kappa shape index (κ2) is 6.84. The fourth-order valence-corrected chi connectivity index (χ4v) is 5.06. The molecule has 1 amide bonds. The van der Waals surface area contributed by atoms with Crippen molar-refractivity contribution in [2.24, 2.45) is 10.8 Å². The molecule has 1 aromatic heterocycles. The normalized spacial score (nSPS) is 25.1. The van der Waals surface area contributed by atoms with Crippen LogP contribution in [-0.4, -0.2) is 47.7 Å². The fraction of sp³-hybridized carbons (Fsp3) is 0.700. The van der Waals surface area contributed by atoms with Crippen molar-refractivity contribution in [3.8, 4) is 0 Å². The topological polar surface area (TPSA) is 40.6 Å². The van der Waals surface area contributed by atoms with Crippen LogP contribution in [0.15, 0.2) is 11.4 Å². The molecule has 5 heteroatoms. The van der Waals surface area contributed by atoms with Gasteiger partial charge in [-0.2, -0.15) is 0 Å². The van der Waals surface area contributed by atoms with Crippen LogP contribution in [0, 0.1) is 10.8 Å². The molecule has 0 bridgehead atoms. The van der Waals surface area contributed by atoms with Gasteiger partial charge in [0.25, 0.3) is 0 Å². The van der Waals surface area contributed by atoms with Gasteiger partial charge in [-0.1, -0.05) is 20.8 Å². The summed E-state index contributed by atoms with van der Waals surface area (Å²) in [7, 11) is 0. The summed E-state index contributed by atoms with van der Waals surface area (Å²) in [5.74, 6) is 0.500. The predicted molar refractivity (Wildman–Crippen MR) is 102 cm³/mol. The predicted octanol–water partition coefficient (Wildman–Crippen LogP) is 3.81. The molecular formula is C20H30N2O2S. The van der Waals surface area contributed by atoms with E-state index in [0.29, 0.717) is 5.91 Å². The molecule has 2 aliphatic heterocycles. The summed E-state index contributed by atoms with van der Waals surface area (Å²) in [6, 6.07) is 2.01. The summed E-state index contributed by atoms with van der Waals surface area (Å²) in [4.78, 5) is 30.0. The Bertz CT molecular complexity index is 661. The van der Waals surface area contributed by atoms with Crippen molar-refractivity contribution in [2.75, 3.05) is 26.2 Å². The molecule has 3 rings (SSSR count). The van der Waals surface area contributed by atoms with Crippen LogP contribution in [0.3, 0.4) is 0 Å². The monoisotopic (exact) mass is 362 g/mol. The lowest BCUT2D eigenvalue weighted by Gasteiger charge is -2.42. The molecule has 25 heavy (non-hydrogen) atoms. The molecule has 3 heterocycles. The number of likely N-dealkylation sites (tertiary alicyclic amines) is 2. The average Bonchev–Trinajstić information content (AvgIpc) is 3.12. The zero-order chi connectivity index (χ0) is 18.2. The third-order valence-electron chi connectivity index (χ3n) is 5.33. The molecule has 2 saturated heterocycles. The quantitative estimate of drug-likeness (QED) is 0.765. The van der Waals surface area contributed by atoms with Crippen molar-refractivity contribution >= 4 is 23.0 Å². The molecule has 1 aromatic rings. The van der Waals surface area contributed by atoms with Crippen molar-refractivity contribution in [3.05, 3.63) is 21.9 Å². The van der Waals surface area contributed by atoms with Gasteiger partial charge >= 0.3 is 0 Å². The number of nitrogens with zero attached hydrogens (tertiary/aromatic N) is 2. The largest absolute Gasteiger partial charge is 0.342 e. The van der Waals surface area contributed by atoms with Crippen molar-refractivity contribution in [2.45, 2.75) is 53.5 Å². The second-order valence-corrected chi connectivity index (χ2v) is 9.92. The van der Waals surface area contributed by atoms with Crippen LogP contribution in [0.25, 0.3) is 0 Å². The molecule has 0 radical (unpaired) electrons. The van der Waals surface area contributed by atoms with Gasteiger partial charge in [0.1, 0.15) is 0 Å². The third kappa shape index (κ3) is 4.14. The fourth-order valence-electron chi connectivity index (χ4n) is 4.25. The van der Waals surface area contributed by atoms with Crippen LogP contribution in [0.2, 0.25) is 0 Å². The summed E-state index contributed by atoms with van der Waals surface area (Å²) < 4.78 is 0. The molecule has 0 saturated carbocycles. The standard InChI is InChI=1S/C20H30N2O2S/c1-15(23)17-10-16(12-25-17)11-21-9-7-20(14-21)6-5-8-22(18(20)24)13-19(2,3)4/h10,12H,5-9,11,13-14H2,1-4H3. The first-order valence-electron chi connectivity index (χ1n) is 9.29. The Hall–Kier alpha value is -1.20. The average molecular weight is 363 g/mol. The molecule has 0 N–H and O–H groups in total. The highest BCUT2D eigenvalue weighted by molar-refractivity contribution is 7.12. The minimum atomic E-state index is -0.178. The van der Waals surface area contributed by atoms with E-state index in [1.54, 1.807) is 6.92 Å². The van der Waals surface area contributed by atoms with Gasteiger partial charge in [0, 0.05) is 26.2 Å². The molecular weight excluding hydrogens is 332 g/mol. The number of ketones is 1. The van der Waals surface area contributed by atoms with Gasteiger partial charge in [-0.3, -0.25) is 14.5 Å². The van der Waals surface area contributed by atoms with Gasteiger partial charge in [-0.05, 0) is 55.2 Å². The SMILES string of the molecule is CC(=O)c1cc(CN2CCC3(CCCN(CC(C)(C)C)C3=O)C2)cs1. The van der Waals surface area contributed by atoms with Crippen LogP contribution in [0.5, 0.6) is 0 Å². The van der Waals surface area contributed by atoms with E-state index >= 15 is 0 Å². The number of carbonyl (C=O) groups is 2. The Balaban J connectivity index is 1.65. The first-order valence-corrected chi connectivity index (χ1v) is 10.2. The highest BCUT2D eigenvalue weighted by atomic mass is 32.1. The summed E-state index contributed by atoms with van der Waals surface area (Å²) in [6.07, 6.45) is 3.10. The first-order chi connectivity index (χ1) is 11.7. The second-order valence-electron chi connectivity index (χ2n) is 9.01. The van der Waals surface area contributed by atoms with E-state index in [9.17, 15) is 9.59 Å². The van der Waals surface area contributed by atoms with Gasteiger partial charge in [-0.15, -0.1) is 11.3 Å². The van der Waals surface area contributed by atoms with E-state index < -0.39 is 0 Å². The number of piperidine rings is 1. The number of rotatable bonds is 4. The molecule has 0 aromatic carbocycles. The summed E-state index contributed by atoms with van der Waals surface area (Å²) in [6.45, 7) is 12.6. The lowest BCUT2D eigenvalue weighted by Crippen LogP contribution is -2.52. The van der Waals surface area contributed by atoms with Crippen LogP contribution in [0.4, 0.5) is 0 Å². The summed E-state index contributed by atoms with van der Waals surface area (Å²) in [5.41, 5.74) is 1.16.